The molecule has 0 aliphatic carbocycles. The Balaban J connectivity index is 2.27. The molecule has 0 aromatic heterocycles. The molecule has 2 rings (SSSR count). The maximum atomic E-state index is 13.3. The fraction of sp³-hybridized carbons (Fsp3) is 0.500. The van der Waals surface area contributed by atoms with Crippen LogP contribution in [0, 0.1) is 17.7 Å². The van der Waals surface area contributed by atoms with E-state index in [1.54, 1.807) is 11.0 Å². The zero-order valence-corrected chi connectivity index (χ0v) is 10.8. The number of anilines is 1. The summed E-state index contributed by atoms with van der Waals surface area (Å²) in [5.74, 6) is -0.293. The summed E-state index contributed by atoms with van der Waals surface area (Å²) in [6.45, 7) is 4.93. The van der Waals surface area contributed by atoms with Crippen molar-refractivity contribution in [2.75, 3.05) is 18.0 Å². The Labute approximate surface area is 107 Å². The number of carbonyl (C=O) groups is 1. The zero-order chi connectivity index (χ0) is 13.3. The van der Waals surface area contributed by atoms with Gasteiger partial charge >= 0.3 is 0 Å². The average molecular weight is 250 g/mol. The first-order valence-corrected chi connectivity index (χ1v) is 6.34. The Morgan fingerprint density at radius 1 is 1.50 bits per heavy atom. The van der Waals surface area contributed by atoms with Crippen molar-refractivity contribution in [3.63, 3.8) is 0 Å². The van der Waals surface area contributed by atoms with Gasteiger partial charge in [-0.15, -0.1) is 0 Å². The summed E-state index contributed by atoms with van der Waals surface area (Å²) in [6.07, 6.45) is 0.788. The number of halogens is 1. The molecule has 1 aliphatic rings. The van der Waals surface area contributed by atoms with Crippen LogP contribution in [0.5, 0.6) is 0 Å². The molecule has 1 unspecified atom stereocenters. The van der Waals surface area contributed by atoms with Crippen molar-refractivity contribution in [1.29, 1.82) is 0 Å². The van der Waals surface area contributed by atoms with E-state index in [9.17, 15) is 9.18 Å². The van der Waals surface area contributed by atoms with Crippen LogP contribution in [-0.2, 0) is 11.2 Å². The molecule has 1 aliphatic heterocycles. The Morgan fingerprint density at radius 2 is 2.22 bits per heavy atom. The Kier molecular flexibility index (Phi) is 3.66. The highest BCUT2D eigenvalue weighted by Crippen LogP contribution is 2.30. The van der Waals surface area contributed by atoms with Crippen LogP contribution in [0.2, 0.25) is 0 Å². The Hall–Kier alpha value is -1.42. The monoisotopic (exact) mass is 250 g/mol. The van der Waals surface area contributed by atoms with Crippen LogP contribution in [0.4, 0.5) is 10.1 Å². The van der Waals surface area contributed by atoms with Crippen molar-refractivity contribution in [2.45, 2.75) is 20.3 Å². The van der Waals surface area contributed by atoms with Crippen molar-refractivity contribution in [1.82, 2.24) is 0 Å². The summed E-state index contributed by atoms with van der Waals surface area (Å²) in [5.41, 5.74) is 7.41. The molecule has 4 heteroatoms. The summed E-state index contributed by atoms with van der Waals surface area (Å²) in [5, 5.41) is 0. The van der Waals surface area contributed by atoms with Gasteiger partial charge in [-0.1, -0.05) is 19.9 Å². The lowest BCUT2D eigenvalue weighted by atomic mass is 9.94. The summed E-state index contributed by atoms with van der Waals surface area (Å²) in [6, 6.07) is 4.63. The van der Waals surface area contributed by atoms with E-state index >= 15 is 0 Å². The van der Waals surface area contributed by atoms with Crippen LogP contribution < -0.4 is 10.6 Å². The summed E-state index contributed by atoms with van der Waals surface area (Å²) < 4.78 is 13.3. The van der Waals surface area contributed by atoms with E-state index in [1.165, 1.54) is 12.1 Å². The van der Waals surface area contributed by atoms with Gasteiger partial charge in [-0.05, 0) is 30.0 Å². The SMILES string of the molecule is CC(C)C(CN)C(=O)N1CCc2ccc(F)cc21. The Bertz CT molecular complexity index is 459. The van der Waals surface area contributed by atoms with Crippen LogP contribution in [0.1, 0.15) is 19.4 Å². The molecular weight excluding hydrogens is 231 g/mol. The van der Waals surface area contributed by atoms with E-state index < -0.39 is 0 Å². The van der Waals surface area contributed by atoms with Gasteiger partial charge in [0.05, 0.1) is 5.92 Å². The largest absolute Gasteiger partial charge is 0.330 e. The highest BCUT2D eigenvalue weighted by molar-refractivity contribution is 5.97. The quantitative estimate of drug-likeness (QED) is 0.891. The molecule has 1 amide bonds. The third kappa shape index (κ3) is 2.25. The zero-order valence-electron chi connectivity index (χ0n) is 10.8. The van der Waals surface area contributed by atoms with Crippen molar-refractivity contribution in [2.24, 2.45) is 17.6 Å². The van der Waals surface area contributed by atoms with Gasteiger partial charge in [0.25, 0.3) is 0 Å². The number of hydrogen-bond donors (Lipinski definition) is 1. The first kappa shape index (κ1) is 13.0. The molecule has 1 atom stereocenters. The smallest absolute Gasteiger partial charge is 0.231 e. The molecule has 1 aromatic carbocycles. The molecular formula is C14H19FN2O. The molecule has 0 saturated carbocycles. The van der Waals surface area contributed by atoms with Crippen molar-refractivity contribution < 1.29 is 9.18 Å². The summed E-state index contributed by atoms with van der Waals surface area (Å²) >= 11 is 0. The van der Waals surface area contributed by atoms with Gasteiger partial charge in [0, 0.05) is 18.8 Å². The van der Waals surface area contributed by atoms with Crippen molar-refractivity contribution in [3.8, 4) is 0 Å². The normalized spacial score (nSPS) is 15.9. The molecule has 0 fully saturated rings. The molecule has 3 nitrogen and oxygen atoms in total. The predicted octanol–water partition coefficient (Wildman–Crippen LogP) is 1.95. The topological polar surface area (TPSA) is 46.3 Å². The lowest BCUT2D eigenvalue weighted by Crippen LogP contribution is -2.40. The number of amides is 1. The molecule has 98 valence electrons. The number of fused-ring (bicyclic) bond motifs is 1. The summed E-state index contributed by atoms with van der Waals surface area (Å²) in [4.78, 5) is 14.1. The average Bonchev–Trinajstić information content (AvgIpc) is 2.71. The van der Waals surface area contributed by atoms with Gasteiger partial charge in [0.1, 0.15) is 5.82 Å². The van der Waals surface area contributed by atoms with Crippen LogP contribution in [0.15, 0.2) is 18.2 Å². The molecule has 1 aromatic rings. The van der Waals surface area contributed by atoms with Gasteiger partial charge < -0.3 is 10.6 Å². The van der Waals surface area contributed by atoms with Gasteiger partial charge in [-0.2, -0.15) is 0 Å². The number of hydrogen-bond acceptors (Lipinski definition) is 2. The van der Waals surface area contributed by atoms with Gasteiger partial charge in [-0.25, -0.2) is 4.39 Å². The number of nitrogens with zero attached hydrogens (tertiary/aromatic N) is 1. The van der Waals surface area contributed by atoms with Crippen molar-refractivity contribution >= 4 is 11.6 Å². The standard InChI is InChI=1S/C14H19FN2O/c1-9(2)12(8-16)14(18)17-6-5-10-3-4-11(15)7-13(10)17/h3-4,7,9,12H,5-6,8,16H2,1-2H3. The molecule has 0 saturated heterocycles. The fourth-order valence-corrected chi connectivity index (χ4v) is 2.44. The van der Waals surface area contributed by atoms with Crippen LogP contribution in [0.25, 0.3) is 0 Å². The minimum Gasteiger partial charge on any atom is -0.330 e. The third-order valence-corrected chi connectivity index (χ3v) is 3.58. The lowest BCUT2D eigenvalue weighted by molar-refractivity contribution is -0.123. The van der Waals surface area contributed by atoms with Crippen LogP contribution in [0.3, 0.4) is 0 Å². The Morgan fingerprint density at radius 3 is 2.83 bits per heavy atom. The van der Waals surface area contributed by atoms with Gasteiger partial charge in [0.15, 0.2) is 0 Å². The highest BCUT2D eigenvalue weighted by Gasteiger charge is 2.31. The minimum absolute atomic E-state index is 0.0110. The number of rotatable bonds is 3. The van der Waals surface area contributed by atoms with Gasteiger partial charge in [-0.3, -0.25) is 4.79 Å². The predicted molar refractivity (Wildman–Crippen MR) is 69.8 cm³/mol. The van der Waals surface area contributed by atoms with Crippen LogP contribution >= 0.6 is 0 Å². The number of benzene rings is 1. The number of nitrogens with two attached hydrogens (primary N) is 1. The van der Waals surface area contributed by atoms with Crippen LogP contribution in [-0.4, -0.2) is 19.0 Å². The molecule has 0 bridgehead atoms. The van der Waals surface area contributed by atoms with E-state index in [1.807, 2.05) is 13.8 Å². The molecule has 0 spiro atoms. The molecule has 0 radical (unpaired) electrons. The molecule has 2 N–H and O–H groups in total. The molecule has 1 heterocycles. The third-order valence-electron chi connectivity index (χ3n) is 3.58. The van der Waals surface area contributed by atoms with Crippen molar-refractivity contribution in [3.05, 3.63) is 29.6 Å². The fourth-order valence-electron chi connectivity index (χ4n) is 2.44. The highest BCUT2D eigenvalue weighted by atomic mass is 19.1. The van der Waals surface area contributed by atoms with E-state index in [2.05, 4.69) is 0 Å². The second-order valence-corrected chi connectivity index (χ2v) is 5.10. The lowest BCUT2D eigenvalue weighted by Gasteiger charge is -2.25. The summed E-state index contributed by atoms with van der Waals surface area (Å²) in [7, 11) is 0. The van der Waals surface area contributed by atoms with E-state index in [-0.39, 0.29) is 23.6 Å². The second-order valence-electron chi connectivity index (χ2n) is 5.10. The first-order valence-electron chi connectivity index (χ1n) is 6.34. The first-order chi connectivity index (χ1) is 8.54. The second kappa shape index (κ2) is 5.06. The van der Waals surface area contributed by atoms with E-state index in [0.717, 1.165) is 12.0 Å². The maximum absolute atomic E-state index is 13.3. The van der Waals surface area contributed by atoms with E-state index in [4.69, 9.17) is 5.73 Å². The maximum Gasteiger partial charge on any atom is 0.231 e. The number of carbonyl (C=O) groups excluding carboxylic acids is 1. The minimum atomic E-state index is -0.303. The molecule has 18 heavy (non-hydrogen) atoms. The van der Waals surface area contributed by atoms with E-state index in [0.29, 0.717) is 18.8 Å². The van der Waals surface area contributed by atoms with Gasteiger partial charge in [0.2, 0.25) is 5.91 Å².